The molecule has 0 saturated carbocycles. The van der Waals surface area contributed by atoms with E-state index in [1.807, 2.05) is 23.6 Å². The van der Waals surface area contributed by atoms with Gasteiger partial charge in [-0.2, -0.15) is 0 Å². The van der Waals surface area contributed by atoms with Crippen LogP contribution in [0.1, 0.15) is 0 Å². The van der Waals surface area contributed by atoms with Crippen LogP contribution in [0.2, 0.25) is 0 Å². The van der Waals surface area contributed by atoms with Crippen LogP contribution in [0.15, 0.2) is 114 Å². The number of nitrogens with zero attached hydrogens (tertiary/aromatic N) is 3. The van der Waals surface area contributed by atoms with Crippen molar-refractivity contribution in [2.24, 2.45) is 10.9 Å². The zero-order chi connectivity index (χ0) is 22.9. The first-order valence-electron chi connectivity index (χ1n) is 11.8. The Morgan fingerprint density at radius 2 is 1.63 bits per heavy atom. The van der Waals surface area contributed by atoms with E-state index in [0.29, 0.717) is 0 Å². The van der Waals surface area contributed by atoms with Gasteiger partial charge in [-0.25, -0.2) is 4.98 Å². The van der Waals surface area contributed by atoms with Crippen LogP contribution in [-0.2, 0) is 0 Å². The van der Waals surface area contributed by atoms with Crippen LogP contribution in [-0.4, -0.2) is 15.3 Å². The van der Waals surface area contributed by atoms with E-state index in [4.69, 9.17) is 9.98 Å². The first-order valence-corrected chi connectivity index (χ1v) is 12.6. The predicted molar refractivity (Wildman–Crippen MR) is 149 cm³/mol. The maximum Gasteiger partial charge on any atom is 0.0985 e. The zero-order valence-electron chi connectivity index (χ0n) is 18.7. The van der Waals surface area contributed by atoms with E-state index in [9.17, 15) is 0 Å². The lowest BCUT2D eigenvalue weighted by Gasteiger charge is -2.17. The standard InChI is InChI=1S/C31H19N3S/c1-2-8-19(9-3-1)23-15-17-26-30(33-23)29-25(34(26)27-18-32-24-12-6-4-11-22(24)27)16-14-21-20-10-5-7-13-28(20)35-31(21)29/h1-18,22H. The summed E-state index contributed by atoms with van der Waals surface area (Å²) in [5.41, 5.74) is 7.74. The molecule has 0 radical (unpaired) electrons. The van der Waals surface area contributed by atoms with Crippen LogP contribution in [0.3, 0.4) is 0 Å². The molecule has 1 unspecified atom stereocenters. The third-order valence-corrected chi connectivity index (χ3v) is 8.31. The largest absolute Gasteiger partial charge is 0.309 e. The Morgan fingerprint density at radius 3 is 2.57 bits per heavy atom. The number of rotatable bonds is 2. The molecule has 1 aliphatic carbocycles. The van der Waals surface area contributed by atoms with Gasteiger partial charge in [0.2, 0.25) is 0 Å². The Balaban J connectivity index is 1.50. The maximum atomic E-state index is 5.28. The summed E-state index contributed by atoms with van der Waals surface area (Å²) in [6, 6.07) is 28.0. The molecule has 2 aliphatic rings. The van der Waals surface area contributed by atoms with Crippen LogP contribution in [0.25, 0.3) is 59.1 Å². The molecule has 35 heavy (non-hydrogen) atoms. The number of hydrogen-bond acceptors (Lipinski definition) is 3. The van der Waals surface area contributed by atoms with Gasteiger partial charge in [0, 0.05) is 37.3 Å². The SMILES string of the molecule is C1=CC2=NC=C(n3c4ccc(-c5ccccc5)nc4c4c5sc6ccccc6c5ccc43)C2C=C1. The first kappa shape index (κ1) is 19.1. The molecule has 0 spiro atoms. The van der Waals surface area contributed by atoms with Crippen molar-refractivity contribution >= 4 is 64.9 Å². The van der Waals surface area contributed by atoms with Crippen molar-refractivity contribution in [3.63, 3.8) is 0 Å². The van der Waals surface area contributed by atoms with Crippen LogP contribution < -0.4 is 0 Å². The zero-order valence-corrected chi connectivity index (χ0v) is 19.5. The molecule has 0 saturated heterocycles. The summed E-state index contributed by atoms with van der Waals surface area (Å²) in [5.74, 6) is 0.158. The highest BCUT2D eigenvalue weighted by atomic mass is 32.1. The Morgan fingerprint density at radius 1 is 0.771 bits per heavy atom. The number of aromatic nitrogens is 2. The Bertz CT molecular complexity index is 1950. The lowest BCUT2D eigenvalue weighted by atomic mass is 9.97. The van der Waals surface area contributed by atoms with E-state index in [1.165, 1.54) is 36.8 Å². The fourth-order valence-electron chi connectivity index (χ4n) is 5.51. The minimum absolute atomic E-state index is 0.158. The summed E-state index contributed by atoms with van der Waals surface area (Å²) in [4.78, 5) is 10.0. The van der Waals surface area contributed by atoms with E-state index in [-0.39, 0.29) is 5.92 Å². The van der Waals surface area contributed by atoms with E-state index in [0.717, 1.165) is 28.0 Å². The summed E-state index contributed by atoms with van der Waals surface area (Å²) >= 11 is 1.86. The monoisotopic (exact) mass is 465 g/mol. The highest BCUT2D eigenvalue weighted by Crippen LogP contribution is 2.44. The van der Waals surface area contributed by atoms with Crippen molar-refractivity contribution in [3.8, 4) is 11.3 Å². The van der Waals surface area contributed by atoms with E-state index in [2.05, 4.69) is 102 Å². The smallest absolute Gasteiger partial charge is 0.0985 e. The second-order valence-electron chi connectivity index (χ2n) is 9.03. The molecule has 0 amide bonds. The fourth-order valence-corrected chi connectivity index (χ4v) is 6.76. The van der Waals surface area contributed by atoms with Crippen LogP contribution in [0.5, 0.6) is 0 Å². The highest BCUT2D eigenvalue weighted by Gasteiger charge is 2.28. The van der Waals surface area contributed by atoms with Crippen LogP contribution in [0.4, 0.5) is 0 Å². The number of benzene rings is 3. The summed E-state index contributed by atoms with van der Waals surface area (Å²) in [6.45, 7) is 0. The van der Waals surface area contributed by atoms with Gasteiger partial charge in [0.1, 0.15) is 0 Å². The molecule has 3 aromatic carbocycles. The van der Waals surface area contributed by atoms with Crippen molar-refractivity contribution in [3.05, 3.63) is 109 Å². The quantitative estimate of drug-likeness (QED) is 0.253. The number of hydrogen-bond donors (Lipinski definition) is 0. The normalized spacial score (nSPS) is 17.0. The Labute approximate surface area is 205 Å². The van der Waals surface area contributed by atoms with Crippen molar-refractivity contribution in [2.75, 3.05) is 0 Å². The van der Waals surface area contributed by atoms with Gasteiger partial charge in [0.25, 0.3) is 0 Å². The molecule has 3 aromatic heterocycles. The van der Waals surface area contributed by atoms with E-state index < -0.39 is 0 Å². The molecule has 164 valence electrons. The van der Waals surface area contributed by atoms with Gasteiger partial charge in [0.05, 0.1) is 39.6 Å². The van der Waals surface area contributed by atoms with Crippen LogP contribution in [0, 0.1) is 5.92 Å². The molecule has 0 fully saturated rings. The number of aliphatic imine (C=N–C) groups is 1. The lowest BCUT2D eigenvalue weighted by molar-refractivity contribution is 1.05. The second kappa shape index (κ2) is 7.11. The molecule has 0 N–H and O–H groups in total. The second-order valence-corrected chi connectivity index (χ2v) is 10.1. The maximum absolute atomic E-state index is 5.28. The average Bonchev–Trinajstić information content (AvgIpc) is 3.60. The summed E-state index contributed by atoms with van der Waals surface area (Å²) in [5, 5.41) is 3.82. The molecule has 4 heterocycles. The van der Waals surface area contributed by atoms with Gasteiger partial charge in [-0.15, -0.1) is 11.3 Å². The molecule has 3 nitrogen and oxygen atoms in total. The molecular weight excluding hydrogens is 446 g/mol. The minimum atomic E-state index is 0.158. The minimum Gasteiger partial charge on any atom is -0.309 e. The van der Waals surface area contributed by atoms with Gasteiger partial charge in [-0.3, -0.25) is 4.99 Å². The van der Waals surface area contributed by atoms with Crippen molar-refractivity contribution in [2.45, 2.75) is 0 Å². The summed E-state index contributed by atoms with van der Waals surface area (Å²) in [6.07, 6.45) is 10.6. The molecule has 0 bridgehead atoms. The van der Waals surface area contributed by atoms with Crippen molar-refractivity contribution in [1.82, 2.24) is 9.55 Å². The molecule has 1 atom stereocenters. The van der Waals surface area contributed by atoms with Gasteiger partial charge < -0.3 is 4.57 Å². The predicted octanol–water partition coefficient (Wildman–Crippen LogP) is 8.22. The number of pyridine rings is 1. The Hall–Kier alpha value is -4.28. The van der Waals surface area contributed by atoms with E-state index in [1.54, 1.807) is 0 Å². The Kier molecular flexibility index (Phi) is 3.87. The lowest BCUT2D eigenvalue weighted by Crippen LogP contribution is -2.13. The molecule has 4 heteroatoms. The van der Waals surface area contributed by atoms with Gasteiger partial charge >= 0.3 is 0 Å². The van der Waals surface area contributed by atoms with Crippen molar-refractivity contribution in [1.29, 1.82) is 0 Å². The third kappa shape index (κ3) is 2.66. The van der Waals surface area contributed by atoms with E-state index >= 15 is 0 Å². The summed E-state index contributed by atoms with van der Waals surface area (Å²) < 4.78 is 4.98. The molecular formula is C31H19N3S. The van der Waals surface area contributed by atoms with Crippen molar-refractivity contribution < 1.29 is 0 Å². The first-order chi connectivity index (χ1) is 17.4. The molecule has 8 rings (SSSR count). The summed E-state index contributed by atoms with van der Waals surface area (Å²) in [7, 11) is 0. The van der Waals surface area contributed by atoms with Gasteiger partial charge in [-0.05, 0) is 30.3 Å². The number of fused-ring (bicyclic) bond motifs is 8. The van der Waals surface area contributed by atoms with Crippen LogP contribution >= 0.6 is 11.3 Å². The number of allylic oxidation sites excluding steroid dienone is 5. The molecule has 1 aliphatic heterocycles. The highest BCUT2D eigenvalue weighted by molar-refractivity contribution is 7.26. The average molecular weight is 466 g/mol. The van der Waals surface area contributed by atoms with Gasteiger partial charge in [0.15, 0.2) is 0 Å². The van der Waals surface area contributed by atoms with Gasteiger partial charge in [-0.1, -0.05) is 72.8 Å². The fraction of sp³-hybridized carbons (Fsp3) is 0.0323. The number of thiophene rings is 1. The topological polar surface area (TPSA) is 30.2 Å². The molecule has 6 aromatic rings. The third-order valence-electron chi connectivity index (χ3n) is 7.11.